The van der Waals surface area contributed by atoms with Gasteiger partial charge in [-0.25, -0.2) is 0 Å². The number of anilines is 2. The molecule has 1 unspecified atom stereocenters. The minimum Gasteiger partial charge on any atom is -0.482 e. The summed E-state index contributed by atoms with van der Waals surface area (Å²) in [5.41, 5.74) is 2.20. The summed E-state index contributed by atoms with van der Waals surface area (Å²) in [7, 11) is 0. The molecule has 8 heteroatoms. The fourth-order valence-electron chi connectivity index (χ4n) is 3.96. The summed E-state index contributed by atoms with van der Waals surface area (Å²) in [6.45, 7) is 2.11. The van der Waals surface area contributed by atoms with Crippen LogP contribution in [0.15, 0.2) is 47.4 Å². The molecule has 0 saturated carbocycles. The molecular weight excluding hydrogens is 402 g/mol. The number of nitrogens with zero attached hydrogens (tertiary/aromatic N) is 1. The Hall–Kier alpha value is -2.71. The molecule has 1 atom stereocenters. The van der Waals surface area contributed by atoms with Gasteiger partial charge in [-0.05, 0) is 49.1 Å². The van der Waals surface area contributed by atoms with Crippen LogP contribution in [0.1, 0.15) is 23.2 Å². The third-order valence-electron chi connectivity index (χ3n) is 5.64. The van der Waals surface area contributed by atoms with Gasteiger partial charge >= 0.3 is 0 Å². The summed E-state index contributed by atoms with van der Waals surface area (Å²) in [5.74, 6) is 0.824. The number of piperidine rings is 1. The zero-order valence-electron chi connectivity index (χ0n) is 16.4. The van der Waals surface area contributed by atoms with E-state index >= 15 is 0 Å². The Labute approximate surface area is 179 Å². The lowest BCUT2D eigenvalue weighted by atomic mass is 9.97. The minimum atomic E-state index is -0.203. The van der Waals surface area contributed by atoms with Crippen LogP contribution in [0.3, 0.4) is 0 Å². The fraction of sp³-hybridized carbons (Fsp3) is 0.364. The number of amides is 2. The van der Waals surface area contributed by atoms with Crippen molar-refractivity contribution in [3.63, 3.8) is 0 Å². The van der Waals surface area contributed by atoms with Gasteiger partial charge in [0.05, 0.1) is 18.0 Å². The normalized spacial score (nSPS) is 20.6. The fourth-order valence-corrected chi connectivity index (χ4v) is 4.94. The van der Waals surface area contributed by atoms with Crippen molar-refractivity contribution in [2.75, 3.05) is 36.9 Å². The quantitative estimate of drug-likeness (QED) is 0.782. The number of para-hydroxylation sites is 1. The highest BCUT2D eigenvalue weighted by Gasteiger charge is 2.27. The molecule has 2 N–H and O–H groups in total. The summed E-state index contributed by atoms with van der Waals surface area (Å²) in [4.78, 5) is 27.5. The lowest BCUT2D eigenvalue weighted by Gasteiger charge is -2.32. The summed E-state index contributed by atoms with van der Waals surface area (Å²) in [6.07, 6.45) is 1.84. The smallest absolute Gasteiger partial charge is 0.262 e. The Morgan fingerprint density at radius 3 is 2.83 bits per heavy atom. The standard InChI is InChI=1S/C22H23N3O4S/c26-20-13-28-18-6-5-15(11-17(18)23-20)21(27)25-9-7-14(8-10-25)12-29-22-24-16-3-1-2-4-19(16)30-22/h1-6,11,14,22,24H,7-10,12-13H2,(H,23,26). The van der Waals surface area contributed by atoms with E-state index in [0.717, 1.165) is 18.5 Å². The van der Waals surface area contributed by atoms with Crippen molar-refractivity contribution < 1.29 is 19.1 Å². The van der Waals surface area contributed by atoms with E-state index in [2.05, 4.69) is 22.8 Å². The van der Waals surface area contributed by atoms with Crippen LogP contribution in [0.2, 0.25) is 0 Å². The number of rotatable bonds is 4. The third kappa shape index (κ3) is 3.97. The maximum atomic E-state index is 12.9. The molecule has 3 aliphatic heterocycles. The van der Waals surface area contributed by atoms with Crippen molar-refractivity contribution in [1.29, 1.82) is 0 Å². The average Bonchev–Trinajstić information content (AvgIpc) is 3.20. The predicted molar refractivity (Wildman–Crippen MR) is 115 cm³/mol. The van der Waals surface area contributed by atoms with Crippen LogP contribution in [-0.4, -0.2) is 48.6 Å². The number of ether oxygens (including phenoxy) is 2. The number of carbonyl (C=O) groups excluding carboxylic acids is 2. The van der Waals surface area contributed by atoms with Gasteiger partial charge in [-0.1, -0.05) is 23.9 Å². The molecule has 156 valence electrons. The molecule has 0 bridgehead atoms. The number of fused-ring (bicyclic) bond motifs is 2. The van der Waals surface area contributed by atoms with Crippen molar-refractivity contribution in [2.45, 2.75) is 23.3 Å². The number of hydrogen-bond acceptors (Lipinski definition) is 6. The molecule has 1 saturated heterocycles. The topological polar surface area (TPSA) is 79.9 Å². The van der Waals surface area contributed by atoms with Crippen LogP contribution in [0, 0.1) is 5.92 Å². The molecule has 0 radical (unpaired) electrons. The molecule has 0 aromatic heterocycles. The molecule has 0 spiro atoms. The van der Waals surface area contributed by atoms with E-state index in [0.29, 0.717) is 42.6 Å². The number of nitrogens with one attached hydrogen (secondary N) is 2. The lowest BCUT2D eigenvalue weighted by molar-refractivity contribution is -0.118. The first kappa shape index (κ1) is 19.3. The van der Waals surface area contributed by atoms with Gasteiger partial charge in [-0.15, -0.1) is 0 Å². The summed E-state index contributed by atoms with van der Waals surface area (Å²) in [5, 5.41) is 6.14. The second-order valence-electron chi connectivity index (χ2n) is 7.71. The first-order chi connectivity index (χ1) is 14.7. The van der Waals surface area contributed by atoms with E-state index in [-0.39, 0.29) is 24.0 Å². The van der Waals surface area contributed by atoms with Gasteiger partial charge in [-0.3, -0.25) is 9.59 Å². The number of carbonyl (C=O) groups is 2. The monoisotopic (exact) mass is 425 g/mol. The first-order valence-corrected chi connectivity index (χ1v) is 11.0. The van der Waals surface area contributed by atoms with Crippen LogP contribution in [-0.2, 0) is 9.53 Å². The van der Waals surface area contributed by atoms with Crippen molar-refractivity contribution in [2.24, 2.45) is 5.92 Å². The van der Waals surface area contributed by atoms with E-state index < -0.39 is 0 Å². The molecule has 2 aromatic carbocycles. The zero-order valence-corrected chi connectivity index (χ0v) is 17.2. The van der Waals surface area contributed by atoms with Crippen LogP contribution >= 0.6 is 11.8 Å². The highest BCUT2D eigenvalue weighted by Crippen LogP contribution is 2.38. The molecule has 3 heterocycles. The van der Waals surface area contributed by atoms with E-state index in [1.165, 1.54) is 4.90 Å². The van der Waals surface area contributed by atoms with Crippen molar-refractivity contribution in [3.8, 4) is 5.75 Å². The van der Waals surface area contributed by atoms with E-state index in [9.17, 15) is 9.59 Å². The maximum Gasteiger partial charge on any atom is 0.262 e. The molecule has 2 aromatic rings. The van der Waals surface area contributed by atoms with E-state index in [4.69, 9.17) is 9.47 Å². The second-order valence-corrected chi connectivity index (χ2v) is 8.81. The van der Waals surface area contributed by atoms with Gasteiger partial charge in [0.2, 0.25) is 0 Å². The summed E-state index contributed by atoms with van der Waals surface area (Å²) >= 11 is 1.70. The molecular formula is C22H23N3O4S. The Morgan fingerprint density at radius 2 is 2.00 bits per heavy atom. The second kappa shape index (κ2) is 8.20. The van der Waals surface area contributed by atoms with Gasteiger partial charge in [0, 0.05) is 23.5 Å². The lowest BCUT2D eigenvalue weighted by Crippen LogP contribution is -2.39. The molecule has 5 rings (SSSR count). The Balaban J connectivity index is 1.12. The van der Waals surface area contributed by atoms with Crippen LogP contribution in [0.25, 0.3) is 0 Å². The number of thioether (sulfide) groups is 1. The van der Waals surface area contributed by atoms with Gasteiger partial charge in [0.1, 0.15) is 5.75 Å². The van der Waals surface area contributed by atoms with Gasteiger partial charge < -0.3 is 25.0 Å². The van der Waals surface area contributed by atoms with Gasteiger partial charge in [-0.2, -0.15) is 0 Å². The van der Waals surface area contributed by atoms with Crippen molar-refractivity contribution in [1.82, 2.24) is 4.90 Å². The Bertz CT molecular complexity index is 950. The van der Waals surface area contributed by atoms with Crippen molar-refractivity contribution in [3.05, 3.63) is 48.0 Å². The molecule has 1 fully saturated rings. The number of benzene rings is 2. The number of likely N-dealkylation sites (tertiary alicyclic amines) is 1. The number of hydrogen-bond donors (Lipinski definition) is 2. The Morgan fingerprint density at radius 1 is 1.17 bits per heavy atom. The summed E-state index contributed by atoms with van der Waals surface area (Å²) < 4.78 is 11.4. The van der Waals surface area contributed by atoms with Crippen LogP contribution in [0.5, 0.6) is 5.75 Å². The highest BCUT2D eigenvalue weighted by molar-refractivity contribution is 8.00. The minimum absolute atomic E-state index is 0.0108. The zero-order chi connectivity index (χ0) is 20.5. The SMILES string of the molecule is O=C1COc2ccc(C(=O)N3CCC(COC4Nc5ccccc5S4)CC3)cc2N1. The molecule has 30 heavy (non-hydrogen) atoms. The molecule has 7 nitrogen and oxygen atoms in total. The molecule has 2 amide bonds. The first-order valence-electron chi connectivity index (χ1n) is 10.2. The van der Waals surface area contributed by atoms with E-state index in [1.807, 2.05) is 17.0 Å². The van der Waals surface area contributed by atoms with E-state index in [1.54, 1.807) is 30.0 Å². The maximum absolute atomic E-state index is 12.9. The largest absolute Gasteiger partial charge is 0.482 e. The van der Waals surface area contributed by atoms with Crippen LogP contribution in [0.4, 0.5) is 11.4 Å². The third-order valence-corrected chi connectivity index (χ3v) is 6.72. The molecule has 0 aliphatic carbocycles. The highest BCUT2D eigenvalue weighted by atomic mass is 32.2. The van der Waals surface area contributed by atoms with Gasteiger partial charge in [0.15, 0.2) is 12.2 Å². The average molecular weight is 426 g/mol. The molecule has 3 aliphatic rings. The summed E-state index contributed by atoms with van der Waals surface area (Å²) in [6, 6.07) is 13.4. The van der Waals surface area contributed by atoms with Gasteiger partial charge in [0.25, 0.3) is 11.8 Å². The van der Waals surface area contributed by atoms with Crippen molar-refractivity contribution >= 4 is 35.0 Å². The predicted octanol–water partition coefficient (Wildman–Crippen LogP) is 3.39. The Kier molecular flexibility index (Phi) is 5.26. The van der Waals surface area contributed by atoms with Crippen LogP contribution < -0.4 is 15.4 Å².